The van der Waals surface area contributed by atoms with Crippen molar-refractivity contribution >= 4 is 21.9 Å². The number of aromatic carboxylic acids is 1. The van der Waals surface area contributed by atoms with Crippen LogP contribution in [0.4, 0.5) is 0 Å². The third-order valence-corrected chi connectivity index (χ3v) is 4.27. The molecule has 0 amide bonds. The van der Waals surface area contributed by atoms with Crippen LogP contribution in [0.1, 0.15) is 48.5 Å². The molecule has 19 heavy (non-hydrogen) atoms. The topological polar surface area (TPSA) is 40.5 Å². The van der Waals surface area contributed by atoms with Gasteiger partial charge in [-0.05, 0) is 43.5 Å². The molecule has 0 radical (unpaired) electrons. The highest BCUT2D eigenvalue weighted by atomic mass is 79.9. The fourth-order valence-corrected chi connectivity index (χ4v) is 2.72. The zero-order valence-corrected chi connectivity index (χ0v) is 12.8. The number of carboxylic acids is 1. The molecule has 1 aliphatic rings. The zero-order valence-electron chi connectivity index (χ0n) is 11.2. The third kappa shape index (κ3) is 4.05. The number of rotatable bonds is 7. The van der Waals surface area contributed by atoms with E-state index in [9.17, 15) is 4.79 Å². The van der Waals surface area contributed by atoms with Crippen molar-refractivity contribution in [2.75, 3.05) is 6.54 Å². The molecule has 0 bridgehead atoms. The largest absolute Gasteiger partial charge is 0.478 e. The minimum absolute atomic E-state index is 0.335. The van der Waals surface area contributed by atoms with Crippen LogP contribution in [0.25, 0.3) is 0 Å². The van der Waals surface area contributed by atoms with Gasteiger partial charge in [-0.3, -0.25) is 4.90 Å². The van der Waals surface area contributed by atoms with E-state index in [1.807, 2.05) is 6.07 Å². The molecule has 4 heteroatoms. The Hall–Kier alpha value is -0.870. The average Bonchev–Trinajstić information content (AvgIpc) is 3.20. The first-order valence-electron chi connectivity index (χ1n) is 6.87. The van der Waals surface area contributed by atoms with Crippen LogP contribution in [-0.2, 0) is 6.54 Å². The summed E-state index contributed by atoms with van der Waals surface area (Å²) in [6.07, 6.45) is 5.03. The second kappa shape index (κ2) is 6.53. The van der Waals surface area contributed by atoms with Gasteiger partial charge in [0, 0.05) is 17.1 Å². The lowest BCUT2D eigenvalue weighted by Gasteiger charge is -2.22. The lowest BCUT2D eigenvalue weighted by molar-refractivity contribution is 0.0697. The van der Waals surface area contributed by atoms with Crippen LogP contribution in [0, 0.1) is 0 Å². The quantitative estimate of drug-likeness (QED) is 0.826. The summed E-state index contributed by atoms with van der Waals surface area (Å²) >= 11 is 3.49. The number of hydrogen-bond acceptors (Lipinski definition) is 2. The minimum Gasteiger partial charge on any atom is -0.478 e. The Bertz CT molecular complexity index is 457. The van der Waals surface area contributed by atoms with E-state index in [1.165, 1.54) is 31.2 Å². The Morgan fingerprint density at radius 2 is 2.21 bits per heavy atom. The van der Waals surface area contributed by atoms with Gasteiger partial charge in [0.15, 0.2) is 0 Å². The van der Waals surface area contributed by atoms with Crippen LogP contribution in [0.5, 0.6) is 0 Å². The molecule has 0 atom stereocenters. The van der Waals surface area contributed by atoms with Crippen LogP contribution in [0.2, 0.25) is 0 Å². The molecule has 1 fully saturated rings. The third-order valence-electron chi connectivity index (χ3n) is 3.54. The Kier molecular flexibility index (Phi) is 4.99. The van der Waals surface area contributed by atoms with Gasteiger partial charge in [0.1, 0.15) is 0 Å². The van der Waals surface area contributed by atoms with E-state index >= 15 is 0 Å². The van der Waals surface area contributed by atoms with Gasteiger partial charge >= 0.3 is 5.97 Å². The molecule has 1 saturated carbocycles. The first-order valence-corrected chi connectivity index (χ1v) is 7.67. The summed E-state index contributed by atoms with van der Waals surface area (Å²) in [5, 5.41) is 8.97. The summed E-state index contributed by atoms with van der Waals surface area (Å²) in [7, 11) is 0. The van der Waals surface area contributed by atoms with Crippen LogP contribution in [0.15, 0.2) is 22.7 Å². The second-order valence-electron chi connectivity index (χ2n) is 5.17. The highest BCUT2D eigenvalue weighted by molar-refractivity contribution is 9.10. The number of carboxylic acid groups (broad SMARTS) is 1. The van der Waals surface area contributed by atoms with E-state index in [2.05, 4.69) is 27.8 Å². The Labute approximate surface area is 122 Å². The number of halogens is 1. The Morgan fingerprint density at radius 3 is 2.74 bits per heavy atom. The van der Waals surface area contributed by atoms with Gasteiger partial charge in [-0.15, -0.1) is 0 Å². The first-order chi connectivity index (χ1) is 9.11. The fraction of sp³-hybridized carbons (Fsp3) is 0.533. The van der Waals surface area contributed by atoms with Gasteiger partial charge in [0.25, 0.3) is 0 Å². The molecule has 2 rings (SSSR count). The van der Waals surface area contributed by atoms with Gasteiger partial charge in [0.05, 0.1) is 5.56 Å². The van der Waals surface area contributed by atoms with E-state index in [1.54, 1.807) is 12.1 Å². The maximum Gasteiger partial charge on any atom is 0.335 e. The second-order valence-corrected chi connectivity index (χ2v) is 6.02. The maximum absolute atomic E-state index is 10.9. The normalized spacial score (nSPS) is 14.9. The average molecular weight is 326 g/mol. The molecule has 1 aromatic carbocycles. The molecule has 104 valence electrons. The molecular weight excluding hydrogens is 306 g/mol. The van der Waals surface area contributed by atoms with E-state index in [0.717, 1.165) is 23.6 Å². The van der Waals surface area contributed by atoms with Crippen LogP contribution >= 0.6 is 15.9 Å². The van der Waals surface area contributed by atoms with Crippen molar-refractivity contribution < 1.29 is 9.90 Å². The van der Waals surface area contributed by atoms with E-state index in [4.69, 9.17) is 5.11 Å². The first kappa shape index (κ1) is 14.5. The summed E-state index contributed by atoms with van der Waals surface area (Å²) in [4.78, 5) is 13.4. The number of carbonyl (C=O) groups is 1. The molecule has 0 heterocycles. The van der Waals surface area contributed by atoms with Gasteiger partial charge in [-0.1, -0.05) is 35.3 Å². The van der Waals surface area contributed by atoms with E-state index < -0.39 is 5.97 Å². The molecule has 1 aliphatic carbocycles. The van der Waals surface area contributed by atoms with Gasteiger partial charge in [-0.2, -0.15) is 0 Å². The van der Waals surface area contributed by atoms with Crippen LogP contribution in [0.3, 0.4) is 0 Å². The predicted octanol–water partition coefficient (Wildman–Crippen LogP) is 3.91. The van der Waals surface area contributed by atoms with Crippen molar-refractivity contribution in [2.45, 2.75) is 45.2 Å². The SMILES string of the molecule is CCCCN(Cc1ccc(C(=O)O)cc1Br)C1CC1. The van der Waals surface area contributed by atoms with Gasteiger partial charge in [0.2, 0.25) is 0 Å². The predicted molar refractivity (Wildman–Crippen MR) is 79.4 cm³/mol. The summed E-state index contributed by atoms with van der Waals surface area (Å²) in [5.41, 5.74) is 1.51. The van der Waals surface area contributed by atoms with E-state index in [-0.39, 0.29) is 0 Å². The molecular formula is C15H20BrNO2. The lowest BCUT2D eigenvalue weighted by atomic mass is 10.1. The molecule has 0 spiro atoms. The van der Waals surface area contributed by atoms with Crippen LogP contribution in [-0.4, -0.2) is 28.6 Å². The Balaban J connectivity index is 2.06. The van der Waals surface area contributed by atoms with Crippen molar-refractivity contribution in [3.63, 3.8) is 0 Å². The van der Waals surface area contributed by atoms with Crippen molar-refractivity contribution in [1.82, 2.24) is 4.90 Å². The molecule has 0 aromatic heterocycles. The van der Waals surface area contributed by atoms with Gasteiger partial charge in [-0.25, -0.2) is 4.79 Å². The molecule has 1 N–H and O–H groups in total. The molecule has 1 aromatic rings. The summed E-state index contributed by atoms with van der Waals surface area (Å²) in [6, 6.07) is 6.04. The highest BCUT2D eigenvalue weighted by Gasteiger charge is 2.28. The van der Waals surface area contributed by atoms with Crippen molar-refractivity contribution in [3.8, 4) is 0 Å². The molecule has 3 nitrogen and oxygen atoms in total. The summed E-state index contributed by atoms with van der Waals surface area (Å²) < 4.78 is 0.898. The smallest absolute Gasteiger partial charge is 0.335 e. The summed E-state index contributed by atoms with van der Waals surface area (Å²) in [5.74, 6) is -0.878. The van der Waals surface area contributed by atoms with Crippen molar-refractivity contribution in [2.24, 2.45) is 0 Å². The number of unbranched alkanes of at least 4 members (excludes halogenated alkanes) is 1. The maximum atomic E-state index is 10.9. The molecule has 0 aliphatic heterocycles. The van der Waals surface area contributed by atoms with Crippen LogP contribution < -0.4 is 0 Å². The summed E-state index contributed by atoms with van der Waals surface area (Å²) in [6.45, 7) is 4.25. The van der Waals surface area contributed by atoms with Crippen molar-refractivity contribution in [3.05, 3.63) is 33.8 Å². The number of nitrogens with zero attached hydrogens (tertiary/aromatic N) is 1. The molecule has 0 saturated heterocycles. The number of hydrogen-bond donors (Lipinski definition) is 1. The monoisotopic (exact) mass is 325 g/mol. The highest BCUT2D eigenvalue weighted by Crippen LogP contribution is 2.30. The van der Waals surface area contributed by atoms with Crippen molar-refractivity contribution in [1.29, 1.82) is 0 Å². The Morgan fingerprint density at radius 1 is 1.47 bits per heavy atom. The minimum atomic E-state index is -0.878. The lowest BCUT2D eigenvalue weighted by Crippen LogP contribution is -2.26. The van der Waals surface area contributed by atoms with E-state index in [0.29, 0.717) is 5.56 Å². The standard InChI is InChI=1S/C15H20BrNO2/c1-2-3-8-17(13-6-7-13)10-12-5-4-11(15(18)19)9-14(12)16/h4-5,9,13H,2-3,6-8,10H2,1H3,(H,18,19). The fourth-order valence-electron chi connectivity index (χ4n) is 2.22. The van der Waals surface area contributed by atoms with Gasteiger partial charge < -0.3 is 5.11 Å². The molecule has 0 unspecified atom stereocenters. The zero-order chi connectivity index (χ0) is 13.8. The number of benzene rings is 1.